The van der Waals surface area contributed by atoms with E-state index in [2.05, 4.69) is 4.57 Å². The number of carbonyl (C=O) groups excluding carboxylic acids is 3. The Labute approximate surface area is 232 Å². The van der Waals surface area contributed by atoms with Crippen molar-refractivity contribution in [2.75, 3.05) is 13.7 Å². The molecule has 2 aromatic rings. The van der Waals surface area contributed by atoms with E-state index in [-0.39, 0.29) is 55.2 Å². The quantitative estimate of drug-likeness (QED) is 0.332. The molecule has 0 saturated carbocycles. The Kier molecular flexibility index (Phi) is 8.61. The number of amides is 1. The fourth-order valence-corrected chi connectivity index (χ4v) is 6.54. The Morgan fingerprint density at radius 1 is 1.18 bits per heavy atom. The van der Waals surface area contributed by atoms with E-state index in [0.29, 0.717) is 29.7 Å². The van der Waals surface area contributed by atoms with Crippen LogP contribution in [-0.2, 0) is 14.3 Å². The van der Waals surface area contributed by atoms with E-state index in [1.807, 2.05) is 51.1 Å². The third-order valence-electron chi connectivity index (χ3n) is 8.43. The van der Waals surface area contributed by atoms with Crippen molar-refractivity contribution in [1.29, 1.82) is 0 Å². The highest BCUT2D eigenvalue weighted by atomic mass is 19.4. The molecule has 1 fully saturated rings. The lowest BCUT2D eigenvalue weighted by molar-refractivity contribution is -0.158. The van der Waals surface area contributed by atoms with Crippen molar-refractivity contribution in [3.05, 3.63) is 58.5 Å². The summed E-state index contributed by atoms with van der Waals surface area (Å²) >= 11 is 0. The van der Waals surface area contributed by atoms with Crippen LogP contribution in [0.4, 0.5) is 13.2 Å². The molecule has 1 amide bonds. The maximum absolute atomic E-state index is 13.7. The minimum atomic E-state index is -4.37. The second-order valence-corrected chi connectivity index (χ2v) is 11.1. The molecule has 1 aromatic carbocycles. The van der Waals surface area contributed by atoms with Gasteiger partial charge in [-0.25, -0.2) is 0 Å². The van der Waals surface area contributed by atoms with Crippen LogP contribution in [0.3, 0.4) is 0 Å². The molecular weight excluding hydrogens is 521 g/mol. The molecule has 9 heteroatoms. The summed E-state index contributed by atoms with van der Waals surface area (Å²) in [5.74, 6) is -0.0835. The van der Waals surface area contributed by atoms with E-state index in [9.17, 15) is 27.6 Å². The maximum atomic E-state index is 13.7. The second kappa shape index (κ2) is 11.6. The minimum absolute atomic E-state index is 0.0391. The van der Waals surface area contributed by atoms with Crippen LogP contribution >= 0.6 is 0 Å². The first kappa shape index (κ1) is 29.6. The molecule has 1 aliphatic carbocycles. The zero-order valence-electron chi connectivity index (χ0n) is 23.7. The molecule has 0 spiro atoms. The Morgan fingerprint density at radius 3 is 2.52 bits per heavy atom. The standard InChI is InChI=1S/C31H37F3N2O4/c1-18-14-28(39)25(29(15-18)40-5)10-11-27(38)30-20(3)36(26-9-7-6-8-24(26)30)19(2)22-12-13-35(21(4)37)23(16-22)17-31(32,33)34/h6-9,15,19,22-23H,10-14,16-17H2,1-5H3. The van der Waals surface area contributed by atoms with Gasteiger partial charge in [-0.1, -0.05) is 23.8 Å². The first-order chi connectivity index (χ1) is 18.8. The third kappa shape index (κ3) is 6.03. The van der Waals surface area contributed by atoms with Crippen molar-refractivity contribution in [3.8, 4) is 0 Å². The van der Waals surface area contributed by atoms with E-state index < -0.39 is 18.6 Å². The second-order valence-electron chi connectivity index (χ2n) is 11.1. The number of ketones is 2. The predicted octanol–water partition coefficient (Wildman–Crippen LogP) is 6.87. The number of hydrogen-bond acceptors (Lipinski definition) is 4. The normalized spacial score (nSPS) is 21.1. The fraction of sp³-hybridized carbons (Fsp3) is 0.516. The van der Waals surface area contributed by atoms with Crippen LogP contribution in [0.15, 0.2) is 47.2 Å². The average Bonchev–Trinajstić information content (AvgIpc) is 3.17. The molecule has 1 aliphatic heterocycles. The Hall–Kier alpha value is -3.36. The van der Waals surface area contributed by atoms with Crippen LogP contribution in [-0.4, -0.2) is 52.8 Å². The van der Waals surface area contributed by atoms with Crippen LogP contribution in [0.2, 0.25) is 0 Å². The van der Waals surface area contributed by atoms with Crippen LogP contribution < -0.4 is 0 Å². The molecule has 216 valence electrons. The van der Waals surface area contributed by atoms with E-state index in [4.69, 9.17) is 4.74 Å². The number of rotatable bonds is 8. The number of fused-ring (bicyclic) bond motifs is 1. The van der Waals surface area contributed by atoms with Gasteiger partial charge in [-0.3, -0.25) is 14.4 Å². The summed E-state index contributed by atoms with van der Waals surface area (Å²) in [5, 5.41) is 0.788. The summed E-state index contributed by atoms with van der Waals surface area (Å²) in [4.78, 5) is 39.7. The molecular formula is C31H37F3N2O4. The Balaban J connectivity index is 1.63. The minimum Gasteiger partial charge on any atom is -0.496 e. The number of alkyl halides is 3. The molecule has 2 heterocycles. The number of allylic oxidation sites excluding steroid dienone is 3. The van der Waals surface area contributed by atoms with Gasteiger partial charge in [0.05, 0.1) is 13.5 Å². The van der Waals surface area contributed by atoms with Crippen molar-refractivity contribution in [2.24, 2.45) is 5.92 Å². The molecule has 6 nitrogen and oxygen atoms in total. The number of likely N-dealkylation sites (tertiary alicyclic amines) is 1. The third-order valence-corrected chi connectivity index (χ3v) is 8.43. The number of aromatic nitrogens is 1. The van der Waals surface area contributed by atoms with E-state index in [1.54, 1.807) is 0 Å². The number of nitrogens with zero attached hydrogens (tertiary/aromatic N) is 2. The largest absolute Gasteiger partial charge is 0.496 e. The summed E-state index contributed by atoms with van der Waals surface area (Å²) in [6.45, 7) is 7.32. The number of methoxy groups -OCH3 is 1. The van der Waals surface area contributed by atoms with Gasteiger partial charge >= 0.3 is 6.18 Å². The number of halogens is 3. The van der Waals surface area contributed by atoms with E-state index >= 15 is 0 Å². The lowest BCUT2D eigenvalue weighted by Gasteiger charge is -2.42. The monoisotopic (exact) mass is 558 g/mol. The topological polar surface area (TPSA) is 68.6 Å². The number of ether oxygens (including phenoxy) is 1. The van der Waals surface area contributed by atoms with Crippen LogP contribution in [0.5, 0.6) is 0 Å². The van der Waals surface area contributed by atoms with Crippen LogP contribution in [0.25, 0.3) is 10.9 Å². The van der Waals surface area contributed by atoms with Gasteiger partial charge in [0.15, 0.2) is 11.6 Å². The zero-order chi connectivity index (χ0) is 29.4. The van der Waals surface area contributed by atoms with Gasteiger partial charge in [-0.05, 0) is 58.1 Å². The van der Waals surface area contributed by atoms with Crippen molar-refractivity contribution < 1.29 is 32.3 Å². The summed E-state index contributed by atoms with van der Waals surface area (Å²) in [5.41, 5.74) is 3.61. The first-order valence-corrected chi connectivity index (χ1v) is 13.8. The fourth-order valence-electron chi connectivity index (χ4n) is 6.54. The van der Waals surface area contributed by atoms with Gasteiger partial charge in [-0.15, -0.1) is 0 Å². The van der Waals surface area contributed by atoms with Gasteiger partial charge in [0, 0.05) is 66.1 Å². The lowest BCUT2D eigenvalue weighted by Crippen LogP contribution is -2.48. The zero-order valence-corrected chi connectivity index (χ0v) is 23.7. The SMILES string of the molecule is COC1=C(CCC(=O)c2c(C)n(C(C)C3CCN(C(C)=O)C(CC(F)(F)F)C3)c3ccccc23)C(=O)CC(C)=C1. The highest BCUT2D eigenvalue weighted by molar-refractivity contribution is 6.10. The molecule has 0 bridgehead atoms. The van der Waals surface area contributed by atoms with Crippen LogP contribution in [0.1, 0.15) is 81.4 Å². The van der Waals surface area contributed by atoms with E-state index in [1.165, 1.54) is 18.9 Å². The maximum Gasteiger partial charge on any atom is 0.391 e. The van der Waals surface area contributed by atoms with Gasteiger partial charge in [0.2, 0.25) is 5.91 Å². The molecule has 3 unspecified atom stereocenters. The summed E-state index contributed by atoms with van der Waals surface area (Å²) in [7, 11) is 1.51. The smallest absolute Gasteiger partial charge is 0.391 e. The number of hydrogen-bond donors (Lipinski definition) is 0. The van der Waals surface area contributed by atoms with Gasteiger partial charge < -0.3 is 14.2 Å². The molecule has 2 aliphatic rings. The molecule has 4 rings (SSSR count). The van der Waals surface area contributed by atoms with Gasteiger partial charge in [-0.2, -0.15) is 13.2 Å². The highest BCUT2D eigenvalue weighted by Gasteiger charge is 2.41. The summed E-state index contributed by atoms with van der Waals surface area (Å²) in [6.07, 6.45) is -2.04. The van der Waals surface area contributed by atoms with Crippen molar-refractivity contribution in [2.45, 2.75) is 84.5 Å². The van der Waals surface area contributed by atoms with Gasteiger partial charge in [0.1, 0.15) is 5.76 Å². The number of piperidine rings is 1. The van der Waals surface area contributed by atoms with Gasteiger partial charge in [0.25, 0.3) is 0 Å². The number of carbonyl (C=O) groups is 3. The first-order valence-electron chi connectivity index (χ1n) is 13.8. The Morgan fingerprint density at radius 2 is 1.88 bits per heavy atom. The average molecular weight is 559 g/mol. The summed E-state index contributed by atoms with van der Waals surface area (Å²) < 4.78 is 47.6. The predicted molar refractivity (Wildman–Crippen MR) is 147 cm³/mol. The molecule has 3 atom stereocenters. The highest BCUT2D eigenvalue weighted by Crippen LogP contribution is 2.40. The van der Waals surface area contributed by atoms with Crippen molar-refractivity contribution in [3.63, 3.8) is 0 Å². The summed E-state index contributed by atoms with van der Waals surface area (Å²) in [6, 6.07) is 6.47. The molecule has 0 N–H and O–H groups in total. The van der Waals surface area contributed by atoms with Crippen molar-refractivity contribution >= 4 is 28.4 Å². The van der Waals surface area contributed by atoms with Crippen LogP contribution in [0, 0.1) is 12.8 Å². The van der Waals surface area contributed by atoms with Crippen molar-refractivity contribution in [1.82, 2.24) is 9.47 Å². The molecule has 40 heavy (non-hydrogen) atoms. The molecule has 0 radical (unpaired) electrons. The number of para-hydroxylation sites is 1. The Bertz CT molecular complexity index is 1380. The lowest BCUT2D eigenvalue weighted by atomic mass is 9.84. The number of Topliss-reactive ketones (excluding diaryl/α,β-unsaturated/α-hetero) is 2. The number of benzene rings is 1. The molecule has 1 saturated heterocycles. The van der Waals surface area contributed by atoms with E-state index in [0.717, 1.165) is 22.2 Å². The molecule has 1 aromatic heterocycles.